The summed E-state index contributed by atoms with van der Waals surface area (Å²) in [6, 6.07) is 3.24. The van der Waals surface area contributed by atoms with Crippen molar-refractivity contribution in [2.45, 2.75) is 26.9 Å². The van der Waals surface area contributed by atoms with Crippen LogP contribution < -0.4 is 9.47 Å². The van der Waals surface area contributed by atoms with Crippen molar-refractivity contribution in [2.75, 3.05) is 13.2 Å². The number of thioether (sulfide) groups is 1. The Hall–Kier alpha value is -2.19. The molecule has 1 aliphatic heterocycles. The summed E-state index contributed by atoms with van der Waals surface area (Å²) in [5, 5.41) is 8.48. The lowest BCUT2D eigenvalue weighted by Gasteiger charge is -2.16. The van der Waals surface area contributed by atoms with Gasteiger partial charge < -0.3 is 14.6 Å². The molecule has 0 radical (unpaired) electrons. The van der Waals surface area contributed by atoms with Crippen molar-refractivity contribution in [3.63, 3.8) is 0 Å². The molecule has 0 unspecified atom stereocenters. The fourth-order valence-corrected chi connectivity index (χ4v) is 3.31. The van der Waals surface area contributed by atoms with Gasteiger partial charge in [-0.25, -0.2) is 0 Å². The Morgan fingerprint density at radius 3 is 2.65 bits per heavy atom. The van der Waals surface area contributed by atoms with E-state index in [1.807, 2.05) is 20.8 Å². The fourth-order valence-electron chi connectivity index (χ4n) is 2.21. The first-order valence-electron chi connectivity index (χ1n) is 7.83. The van der Waals surface area contributed by atoms with Crippen LogP contribution in [0, 0.1) is 0 Å². The summed E-state index contributed by atoms with van der Waals surface area (Å²) in [4.78, 5) is 35.6. The van der Waals surface area contributed by atoms with Crippen LogP contribution in [0.5, 0.6) is 11.5 Å². The first-order valence-corrected chi connectivity index (χ1v) is 9.02. The van der Waals surface area contributed by atoms with E-state index in [9.17, 15) is 14.4 Å². The Balaban J connectivity index is 2.37. The minimum Gasteiger partial charge on any atom is -0.490 e. The summed E-state index contributed by atoms with van der Waals surface area (Å²) < 4.78 is 11.2. The van der Waals surface area contributed by atoms with E-state index in [2.05, 4.69) is 0 Å². The number of carbonyl (C=O) groups is 3. The minimum absolute atomic E-state index is 0.106. The van der Waals surface area contributed by atoms with Crippen LogP contribution in [0.2, 0.25) is 5.02 Å². The number of hydrogen-bond donors (Lipinski definition) is 1. The second kappa shape index (κ2) is 8.46. The van der Waals surface area contributed by atoms with E-state index in [4.69, 9.17) is 26.2 Å². The number of nitrogens with zero attached hydrogens (tertiary/aromatic N) is 1. The molecule has 1 heterocycles. The molecule has 26 heavy (non-hydrogen) atoms. The number of benzene rings is 1. The van der Waals surface area contributed by atoms with E-state index < -0.39 is 23.7 Å². The highest BCUT2D eigenvalue weighted by atomic mass is 35.5. The van der Waals surface area contributed by atoms with E-state index in [1.54, 1.807) is 12.1 Å². The molecule has 1 N–H and O–H groups in total. The normalized spacial score (nSPS) is 15.9. The molecule has 2 rings (SSSR count). The van der Waals surface area contributed by atoms with Gasteiger partial charge in [-0.2, -0.15) is 0 Å². The Morgan fingerprint density at radius 1 is 1.38 bits per heavy atom. The largest absolute Gasteiger partial charge is 0.490 e. The van der Waals surface area contributed by atoms with Gasteiger partial charge in [0.25, 0.3) is 11.1 Å². The van der Waals surface area contributed by atoms with Gasteiger partial charge in [0.15, 0.2) is 11.5 Å². The van der Waals surface area contributed by atoms with E-state index in [0.717, 1.165) is 0 Å². The van der Waals surface area contributed by atoms with Crippen molar-refractivity contribution in [3.8, 4) is 11.5 Å². The lowest BCUT2D eigenvalue weighted by molar-refractivity contribution is -0.140. The van der Waals surface area contributed by atoms with Gasteiger partial charge in [-0.1, -0.05) is 11.6 Å². The van der Waals surface area contributed by atoms with E-state index in [-0.39, 0.29) is 11.0 Å². The Morgan fingerprint density at radius 2 is 2.08 bits per heavy atom. The van der Waals surface area contributed by atoms with E-state index in [1.165, 1.54) is 6.08 Å². The molecule has 0 atom stereocenters. The van der Waals surface area contributed by atoms with Gasteiger partial charge in [-0.15, -0.1) is 0 Å². The third-order valence-electron chi connectivity index (χ3n) is 3.15. The third kappa shape index (κ3) is 4.70. The molecule has 9 heteroatoms. The van der Waals surface area contributed by atoms with Gasteiger partial charge in [-0.3, -0.25) is 19.3 Å². The Labute approximate surface area is 159 Å². The first kappa shape index (κ1) is 20.1. The van der Waals surface area contributed by atoms with Crippen molar-refractivity contribution in [1.29, 1.82) is 0 Å². The summed E-state index contributed by atoms with van der Waals surface area (Å²) in [6.45, 7) is 5.26. The van der Waals surface area contributed by atoms with E-state index in [0.29, 0.717) is 45.4 Å². The van der Waals surface area contributed by atoms with Crippen molar-refractivity contribution in [3.05, 3.63) is 27.6 Å². The highest BCUT2D eigenvalue weighted by Crippen LogP contribution is 2.39. The molecule has 0 aromatic heterocycles. The number of aliphatic carboxylic acids is 1. The number of rotatable bonds is 7. The SMILES string of the molecule is CCOc1cc(/C=C2/SC(=O)N(CC(=O)O)C2=O)cc(Cl)c1OC(C)C. The predicted octanol–water partition coefficient (Wildman–Crippen LogP) is 3.65. The average molecular weight is 400 g/mol. The van der Waals surface area contributed by atoms with Crippen LogP contribution in [0.3, 0.4) is 0 Å². The molecule has 0 saturated carbocycles. The zero-order valence-corrected chi connectivity index (χ0v) is 16.0. The summed E-state index contributed by atoms with van der Waals surface area (Å²) in [5.41, 5.74) is 0.537. The highest BCUT2D eigenvalue weighted by molar-refractivity contribution is 8.18. The number of carbonyl (C=O) groups excluding carboxylic acids is 2. The van der Waals surface area contributed by atoms with Gasteiger partial charge in [0.2, 0.25) is 0 Å². The van der Waals surface area contributed by atoms with Crippen LogP contribution in [-0.2, 0) is 9.59 Å². The summed E-state index contributed by atoms with van der Waals surface area (Å²) in [7, 11) is 0. The zero-order chi connectivity index (χ0) is 19.4. The van der Waals surface area contributed by atoms with Crippen LogP contribution in [0.4, 0.5) is 4.79 Å². The molecule has 1 fully saturated rings. The summed E-state index contributed by atoms with van der Waals surface area (Å²) in [6.07, 6.45) is 1.37. The molecule has 1 aromatic carbocycles. The number of amides is 2. The molecule has 2 amide bonds. The first-order chi connectivity index (χ1) is 12.2. The Kier molecular flexibility index (Phi) is 6.55. The molecule has 1 aliphatic rings. The van der Waals surface area contributed by atoms with Crippen molar-refractivity contribution in [2.24, 2.45) is 0 Å². The lowest BCUT2D eigenvalue weighted by atomic mass is 10.1. The van der Waals surface area contributed by atoms with Crippen molar-refractivity contribution >= 4 is 46.6 Å². The third-order valence-corrected chi connectivity index (χ3v) is 4.34. The van der Waals surface area contributed by atoms with Crippen molar-refractivity contribution in [1.82, 2.24) is 4.90 Å². The number of imide groups is 1. The van der Waals surface area contributed by atoms with Crippen LogP contribution in [-0.4, -0.2) is 46.4 Å². The van der Waals surface area contributed by atoms with Crippen LogP contribution >= 0.6 is 23.4 Å². The average Bonchev–Trinajstić information content (AvgIpc) is 2.78. The van der Waals surface area contributed by atoms with Gasteiger partial charge in [0, 0.05) is 0 Å². The molecule has 0 spiro atoms. The molecular formula is C17H18ClNO6S. The molecule has 0 bridgehead atoms. The Bertz CT molecular complexity index is 777. The highest BCUT2D eigenvalue weighted by Gasteiger charge is 2.36. The summed E-state index contributed by atoms with van der Waals surface area (Å²) >= 11 is 6.96. The number of carboxylic acids is 1. The number of halogens is 1. The minimum atomic E-state index is -1.26. The van der Waals surface area contributed by atoms with Gasteiger partial charge in [0.05, 0.1) is 22.6 Å². The van der Waals surface area contributed by atoms with Crippen LogP contribution in [0.1, 0.15) is 26.3 Å². The van der Waals surface area contributed by atoms with E-state index >= 15 is 0 Å². The standard InChI is InChI=1S/C17H18ClNO6S/c1-4-24-12-6-10(5-11(18)15(12)25-9(2)3)7-13-16(22)19(8-14(20)21)17(23)26-13/h5-7,9H,4,8H2,1-3H3,(H,20,21)/b13-7+. The van der Waals surface area contributed by atoms with Gasteiger partial charge >= 0.3 is 5.97 Å². The second-order valence-electron chi connectivity index (χ2n) is 5.59. The molecule has 0 aliphatic carbocycles. The smallest absolute Gasteiger partial charge is 0.323 e. The second-order valence-corrected chi connectivity index (χ2v) is 6.99. The molecule has 7 nitrogen and oxygen atoms in total. The van der Waals surface area contributed by atoms with Crippen LogP contribution in [0.15, 0.2) is 17.0 Å². The molecule has 1 aromatic rings. The molecular weight excluding hydrogens is 382 g/mol. The number of hydrogen-bond acceptors (Lipinski definition) is 6. The lowest BCUT2D eigenvalue weighted by Crippen LogP contribution is -2.33. The molecule has 1 saturated heterocycles. The maximum Gasteiger partial charge on any atom is 0.323 e. The number of carboxylic acid groups (broad SMARTS) is 1. The zero-order valence-electron chi connectivity index (χ0n) is 14.4. The quantitative estimate of drug-likeness (QED) is 0.699. The molecule has 140 valence electrons. The predicted molar refractivity (Wildman–Crippen MR) is 98.7 cm³/mol. The van der Waals surface area contributed by atoms with Gasteiger partial charge in [-0.05, 0) is 56.3 Å². The fraction of sp³-hybridized carbons (Fsp3) is 0.353. The summed E-state index contributed by atoms with van der Waals surface area (Å²) in [5.74, 6) is -1.09. The maximum absolute atomic E-state index is 12.2. The maximum atomic E-state index is 12.2. The van der Waals surface area contributed by atoms with Gasteiger partial charge in [0.1, 0.15) is 6.54 Å². The number of ether oxygens (including phenoxy) is 2. The van der Waals surface area contributed by atoms with Crippen molar-refractivity contribution < 1.29 is 29.0 Å². The van der Waals surface area contributed by atoms with Crippen LogP contribution in [0.25, 0.3) is 6.08 Å². The topological polar surface area (TPSA) is 93.1 Å². The monoisotopic (exact) mass is 399 g/mol.